The molecule has 2 rings (SSSR count). The molecule has 0 amide bonds. The van der Waals surface area contributed by atoms with Crippen LogP contribution in [0.2, 0.25) is 0 Å². The van der Waals surface area contributed by atoms with Crippen molar-refractivity contribution in [3.63, 3.8) is 0 Å². The van der Waals surface area contributed by atoms with Crippen LogP contribution in [0.4, 0.5) is 0 Å². The van der Waals surface area contributed by atoms with Gasteiger partial charge in [-0.25, -0.2) is 0 Å². The van der Waals surface area contributed by atoms with Gasteiger partial charge in [-0.05, 0) is 37.3 Å². The quantitative estimate of drug-likeness (QED) is 0.664. The smallest absolute Gasteiger partial charge is 0.0403 e. The molecule has 0 radical (unpaired) electrons. The number of aromatic nitrogens is 1. The van der Waals surface area contributed by atoms with Crippen LogP contribution < -0.4 is 0 Å². The van der Waals surface area contributed by atoms with E-state index < -0.39 is 0 Å². The zero-order chi connectivity index (χ0) is 8.39. The van der Waals surface area contributed by atoms with E-state index in [1.54, 1.807) is 0 Å². The van der Waals surface area contributed by atoms with Crippen LogP contribution in [-0.4, -0.2) is 4.98 Å². The van der Waals surface area contributed by atoms with E-state index >= 15 is 0 Å². The zero-order valence-corrected chi connectivity index (χ0v) is 7.59. The van der Waals surface area contributed by atoms with E-state index in [2.05, 4.69) is 24.0 Å². The average molecular weight is 161 g/mol. The molecule has 12 heavy (non-hydrogen) atoms. The Morgan fingerprint density at radius 2 is 2.25 bits per heavy atom. The van der Waals surface area contributed by atoms with Crippen molar-refractivity contribution >= 4 is 0 Å². The van der Waals surface area contributed by atoms with Crippen LogP contribution in [0, 0.1) is 12.8 Å². The highest BCUT2D eigenvalue weighted by molar-refractivity contribution is 5.12. The van der Waals surface area contributed by atoms with Crippen LogP contribution in [0.5, 0.6) is 0 Å². The summed E-state index contributed by atoms with van der Waals surface area (Å²) in [4.78, 5) is 4.38. The summed E-state index contributed by atoms with van der Waals surface area (Å²) >= 11 is 0. The molecular formula is C11H15N. The topological polar surface area (TPSA) is 12.9 Å². The highest BCUT2D eigenvalue weighted by Crippen LogP contribution is 2.33. The lowest BCUT2D eigenvalue weighted by molar-refractivity contribution is 0.713. The Kier molecular flexibility index (Phi) is 2.11. The van der Waals surface area contributed by atoms with Gasteiger partial charge in [0.1, 0.15) is 0 Å². The van der Waals surface area contributed by atoms with Gasteiger partial charge in [0.2, 0.25) is 0 Å². The summed E-state index contributed by atoms with van der Waals surface area (Å²) in [7, 11) is 0. The van der Waals surface area contributed by atoms with Gasteiger partial charge >= 0.3 is 0 Å². The van der Waals surface area contributed by atoms with E-state index in [4.69, 9.17) is 0 Å². The number of pyridine rings is 1. The number of aryl methyl sites for hydroxylation is 2. The van der Waals surface area contributed by atoms with Gasteiger partial charge < -0.3 is 0 Å². The highest BCUT2D eigenvalue weighted by atomic mass is 14.7. The Labute approximate surface area is 73.8 Å². The van der Waals surface area contributed by atoms with Crippen LogP contribution in [-0.2, 0) is 6.42 Å². The summed E-state index contributed by atoms with van der Waals surface area (Å²) < 4.78 is 0. The van der Waals surface area contributed by atoms with Crippen molar-refractivity contribution in [3.05, 3.63) is 29.6 Å². The van der Waals surface area contributed by atoms with Gasteiger partial charge in [0, 0.05) is 11.9 Å². The van der Waals surface area contributed by atoms with Gasteiger partial charge in [-0.3, -0.25) is 4.98 Å². The maximum absolute atomic E-state index is 4.38. The fraction of sp³-hybridized carbons (Fsp3) is 0.545. The molecule has 0 unspecified atom stereocenters. The Morgan fingerprint density at radius 1 is 1.42 bits per heavy atom. The Hall–Kier alpha value is -0.850. The first-order valence-corrected chi connectivity index (χ1v) is 4.76. The number of hydrogen-bond donors (Lipinski definition) is 0. The van der Waals surface area contributed by atoms with Crippen molar-refractivity contribution in [2.45, 2.75) is 32.6 Å². The molecule has 1 heteroatoms. The molecule has 1 aromatic rings. The summed E-state index contributed by atoms with van der Waals surface area (Å²) in [5.41, 5.74) is 2.51. The third kappa shape index (κ3) is 2.07. The first kappa shape index (κ1) is 7.78. The Morgan fingerprint density at radius 3 is 2.83 bits per heavy atom. The minimum Gasteiger partial charge on any atom is -0.261 e. The van der Waals surface area contributed by atoms with Gasteiger partial charge in [0.15, 0.2) is 0 Å². The fourth-order valence-electron chi connectivity index (χ4n) is 1.40. The molecule has 0 aliphatic heterocycles. The fourth-order valence-corrected chi connectivity index (χ4v) is 1.40. The molecule has 1 aromatic heterocycles. The van der Waals surface area contributed by atoms with Crippen LogP contribution in [0.25, 0.3) is 0 Å². The minimum absolute atomic E-state index is 1.02. The monoisotopic (exact) mass is 161 g/mol. The molecule has 0 atom stereocenters. The molecule has 1 saturated carbocycles. The van der Waals surface area contributed by atoms with Crippen molar-refractivity contribution in [2.24, 2.45) is 5.92 Å². The van der Waals surface area contributed by atoms with Crippen molar-refractivity contribution in [1.82, 2.24) is 4.98 Å². The molecule has 1 aliphatic carbocycles. The van der Waals surface area contributed by atoms with E-state index in [0.29, 0.717) is 0 Å². The van der Waals surface area contributed by atoms with Gasteiger partial charge in [0.05, 0.1) is 0 Å². The summed E-state index contributed by atoms with van der Waals surface area (Å²) in [5.74, 6) is 1.02. The molecule has 0 bridgehead atoms. The maximum atomic E-state index is 4.38. The molecule has 0 aromatic carbocycles. The van der Waals surface area contributed by atoms with Crippen LogP contribution >= 0.6 is 0 Å². The zero-order valence-electron chi connectivity index (χ0n) is 7.59. The van der Waals surface area contributed by atoms with Gasteiger partial charge in [-0.2, -0.15) is 0 Å². The first-order valence-electron chi connectivity index (χ1n) is 4.76. The maximum Gasteiger partial charge on any atom is 0.0403 e. The van der Waals surface area contributed by atoms with Crippen LogP contribution in [0.3, 0.4) is 0 Å². The minimum atomic E-state index is 1.02. The third-order valence-electron chi connectivity index (χ3n) is 2.48. The Bertz CT molecular complexity index is 246. The van der Waals surface area contributed by atoms with Crippen LogP contribution in [0.15, 0.2) is 18.3 Å². The second kappa shape index (κ2) is 3.26. The summed E-state index contributed by atoms with van der Waals surface area (Å²) in [6.45, 7) is 2.08. The molecule has 1 aliphatic rings. The molecule has 0 saturated heterocycles. The molecule has 64 valence electrons. The Balaban J connectivity index is 1.89. The largest absolute Gasteiger partial charge is 0.261 e. The average Bonchev–Trinajstić information content (AvgIpc) is 2.87. The van der Waals surface area contributed by atoms with E-state index in [-0.39, 0.29) is 0 Å². The van der Waals surface area contributed by atoms with Crippen molar-refractivity contribution in [3.8, 4) is 0 Å². The number of hydrogen-bond acceptors (Lipinski definition) is 1. The molecule has 1 nitrogen and oxygen atoms in total. The van der Waals surface area contributed by atoms with Gasteiger partial charge in [-0.1, -0.05) is 18.9 Å². The lowest BCUT2D eigenvalue weighted by Gasteiger charge is -1.98. The van der Waals surface area contributed by atoms with Gasteiger partial charge in [0.25, 0.3) is 0 Å². The summed E-state index contributed by atoms with van der Waals surface area (Å²) in [6.07, 6.45) is 7.38. The molecular weight excluding hydrogens is 146 g/mol. The highest BCUT2D eigenvalue weighted by Gasteiger charge is 2.20. The van der Waals surface area contributed by atoms with Crippen LogP contribution in [0.1, 0.15) is 30.5 Å². The predicted octanol–water partition coefficient (Wildman–Crippen LogP) is 2.73. The standard InChI is InChI=1S/C11H15N/c1-9-2-6-11(12-8-9)7-5-10-3-4-10/h2,6,8,10H,3-5,7H2,1H3. The van der Waals surface area contributed by atoms with E-state index in [1.165, 1.54) is 36.9 Å². The van der Waals surface area contributed by atoms with E-state index in [0.717, 1.165) is 5.92 Å². The van der Waals surface area contributed by atoms with Gasteiger partial charge in [-0.15, -0.1) is 0 Å². The lowest BCUT2D eigenvalue weighted by Crippen LogP contribution is -1.90. The second-order valence-corrected chi connectivity index (χ2v) is 3.81. The predicted molar refractivity (Wildman–Crippen MR) is 50.0 cm³/mol. The SMILES string of the molecule is Cc1ccc(CCC2CC2)nc1. The van der Waals surface area contributed by atoms with Crippen molar-refractivity contribution in [2.75, 3.05) is 0 Å². The van der Waals surface area contributed by atoms with Crippen molar-refractivity contribution < 1.29 is 0 Å². The second-order valence-electron chi connectivity index (χ2n) is 3.81. The lowest BCUT2D eigenvalue weighted by atomic mass is 10.1. The molecule has 1 fully saturated rings. The normalized spacial score (nSPS) is 16.4. The first-order chi connectivity index (χ1) is 5.84. The number of rotatable bonds is 3. The van der Waals surface area contributed by atoms with E-state index in [9.17, 15) is 0 Å². The third-order valence-corrected chi connectivity index (χ3v) is 2.48. The molecule has 0 N–H and O–H groups in total. The van der Waals surface area contributed by atoms with E-state index in [1.807, 2.05) is 6.20 Å². The number of nitrogens with zero attached hydrogens (tertiary/aromatic N) is 1. The summed E-state index contributed by atoms with van der Waals surface area (Å²) in [6, 6.07) is 4.30. The summed E-state index contributed by atoms with van der Waals surface area (Å²) in [5, 5.41) is 0. The molecule has 1 heterocycles. The van der Waals surface area contributed by atoms with Crippen molar-refractivity contribution in [1.29, 1.82) is 0 Å². The molecule has 0 spiro atoms.